The zero-order valence-corrected chi connectivity index (χ0v) is 11.2. The summed E-state index contributed by atoms with van der Waals surface area (Å²) in [7, 11) is 0. The lowest BCUT2D eigenvalue weighted by Crippen LogP contribution is -2.31. The number of carbonyl (C=O) groups is 1. The molecule has 0 bridgehead atoms. The van der Waals surface area contributed by atoms with E-state index in [1.807, 2.05) is 13.8 Å². The molecule has 1 aliphatic rings. The second-order valence-corrected chi connectivity index (χ2v) is 5.15. The minimum absolute atomic E-state index is 0.0661. The van der Waals surface area contributed by atoms with Crippen LogP contribution in [-0.2, 0) is 0 Å². The number of hydrogen-bond donors (Lipinski definition) is 1. The zero-order valence-electron chi connectivity index (χ0n) is 11.2. The number of nitrogens with one attached hydrogen (secondary N) is 1. The Hall–Kier alpha value is -1.45. The van der Waals surface area contributed by atoms with E-state index in [1.165, 1.54) is 38.4 Å². The highest BCUT2D eigenvalue weighted by Crippen LogP contribution is 2.22. The van der Waals surface area contributed by atoms with Gasteiger partial charge in [-0.3, -0.25) is 4.79 Å². The van der Waals surface area contributed by atoms with Crippen LogP contribution in [0.2, 0.25) is 0 Å². The van der Waals surface area contributed by atoms with E-state index < -0.39 is 0 Å². The molecule has 0 radical (unpaired) electrons. The van der Waals surface area contributed by atoms with Crippen LogP contribution in [0.4, 0.5) is 0 Å². The summed E-state index contributed by atoms with van der Waals surface area (Å²) < 4.78 is 0. The maximum absolute atomic E-state index is 12.1. The lowest BCUT2D eigenvalue weighted by Gasteiger charge is -2.21. The second kappa shape index (κ2) is 5.94. The first-order chi connectivity index (χ1) is 8.68. The fourth-order valence-electron chi connectivity index (χ4n) is 2.48. The van der Waals surface area contributed by atoms with Crippen LogP contribution in [-0.4, -0.2) is 22.4 Å². The molecule has 1 aliphatic carbocycles. The van der Waals surface area contributed by atoms with E-state index in [-0.39, 0.29) is 5.91 Å². The molecule has 0 spiro atoms. The zero-order chi connectivity index (χ0) is 13.0. The third-order valence-electron chi connectivity index (χ3n) is 3.83. The van der Waals surface area contributed by atoms with Crippen molar-refractivity contribution < 1.29 is 4.79 Å². The van der Waals surface area contributed by atoms with Crippen molar-refractivity contribution in [2.45, 2.75) is 46.0 Å². The molecule has 1 fully saturated rings. The number of hydrogen-bond acceptors (Lipinski definition) is 3. The average Bonchev–Trinajstić information content (AvgIpc) is 2.40. The SMILES string of the molecule is Cc1ncnc(C(=O)NCC2CCCCC2)c1C. The van der Waals surface area contributed by atoms with Crippen molar-refractivity contribution in [1.29, 1.82) is 0 Å². The molecule has 1 aromatic rings. The van der Waals surface area contributed by atoms with E-state index in [1.54, 1.807) is 0 Å². The largest absolute Gasteiger partial charge is 0.350 e. The number of aryl methyl sites for hydroxylation is 1. The molecule has 1 heterocycles. The van der Waals surface area contributed by atoms with Gasteiger partial charge in [0.25, 0.3) is 5.91 Å². The maximum Gasteiger partial charge on any atom is 0.270 e. The van der Waals surface area contributed by atoms with Crippen molar-refractivity contribution in [2.24, 2.45) is 5.92 Å². The number of rotatable bonds is 3. The molecule has 0 unspecified atom stereocenters. The van der Waals surface area contributed by atoms with E-state index in [9.17, 15) is 4.79 Å². The average molecular weight is 247 g/mol. The van der Waals surface area contributed by atoms with Gasteiger partial charge in [-0.15, -0.1) is 0 Å². The number of nitrogens with zero attached hydrogens (tertiary/aromatic N) is 2. The smallest absolute Gasteiger partial charge is 0.270 e. The molecular weight excluding hydrogens is 226 g/mol. The van der Waals surface area contributed by atoms with Gasteiger partial charge in [-0.2, -0.15) is 0 Å². The van der Waals surface area contributed by atoms with Gasteiger partial charge < -0.3 is 5.32 Å². The van der Waals surface area contributed by atoms with E-state index >= 15 is 0 Å². The van der Waals surface area contributed by atoms with E-state index in [2.05, 4.69) is 15.3 Å². The lowest BCUT2D eigenvalue weighted by atomic mass is 9.89. The summed E-state index contributed by atoms with van der Waals surface area (Å²) in [5, 5.41) is 3.01. The summed E-state index contributed by atoms with van der Waals surface area (Å²) in [6, 6.07) is 0. The highest BCUT2D eigenvalue weighted by atomic mass is 16.1. The van der Waals surface area contributed by atoms with Crippen LogP contribution in [0.3, 0.4) is 0 Å². The predicted molar refractivity (Wildman–Crippen MR) is 70.4 cm³/mol. The molecule has 1 aromatic heterocycles. The number of carbonyl (C=O) groups excluding carboxylic acids is 1. The Balaban J connectivity index is 1.93. The van der Waals surface area contributed by atoms with Crippen molar-refractivity contribution in [3.63, 3.8) is 0 Å². The van der Waals surface area contributed by atoms with Crippen LogP contribution in [0.5, 0.6) is 0 Å². The van der Waals surface area contributed by atoms with Gasteiger partial charge in [-0.25, -0.2) is 9.97 Å². The highest BCUT2D eigenvalue weighted by Gasteiger charge is 2.17. The predicted octanol–water partition coefficient (Wildman–Crippen LogP) is 2.40. The third-order valence-corrected chi connectivity index (χ3v) is 3.83. The van der Waals surface area contributed by atoms with Crippen molar-refractivity contribution in [3.05, 3.63) is 23.3 Å². The van der Waals surface area contributed by atoms with E-state index in [0.29, 0.717) is 11.6 Å². The van der Waals surface area contributed by atoms with Crippen molar-refractivity contribution in [2.75, 3.05) is 6.54 Å². The van der Waals surface area contributed by atoms with Crippen LogP contribution < -0.4 is 5.32 Å². The third kappa shape index (κ3) is 3.06. The lowest BCUT2D eigenvalue weighted by molar-refractivity contribution is 0.0937. The van der Waals surface area contributed by atoms with Crippen LogP contribution in [0.1, 0.15) is 53.8 Å². The van der Waals surface area contributed by atoms with Gasteiger partial charge >= 0.3 is 0 Å². The van der Waals surface area contributed by atoms with Crippen LogP contribution in [0, 0.1) is 19.8 Å². The summed E-state index contributed by atoms with van der Waals surface area (Å²) in [4.78, 5) is 20.2. The summed E-state index contributed by atoms with van der Waals surface area (Å²) in [6.07, 6.45) is 7.87. The highest BCUT2D eigenvalue weighted by molar-refractivity contribution is 5.93. The van der Waals surface area contributed by atoms with Gasteiger partial charge in [0.1, 0.15) is 12.0 Å². The fourth-order valence-corrected chi connectivity index (χ4v) is 2.48. The Morgan fingerprint density at radius 3 is 2.72 bits per heavy atom. The molecule has 1 saturated carbocycles. The van der Waals surface area contributed by atoms with Gasteiger partial charge in [0, 0.05) is 17.8 Å². The first-order valence-corrected chi connectivity index (χ1v) is 6.75. The maximum atomic E-state index is 12.1. The van der Waals surface area contributed by atoms with Gasteiger partial charge in [-0.05, 0) is 32.6 Å². The molecule has 4 nitrogen and oxygen atoms in total. The quantitative estimate of drug-likeness (QED) is 0.892. The molecule has 0 aliphatic heterocycles. The Morgan fingerprint density at radius 2 is 2.00 bits per heavy atom. The normalized spacial score (nSPS) is 16.6. The monoisotopic (exact) mass is 247 g/mol. The van der Waals surface area contributed by atoms with E-state index in [4.69, 9.17) is 0 Å². The van der Waals surface area contributed by atoms with Gasteiger partial charge in [-0.1, -0.05) is 19.3 Å². The Labute approximate surface area is 108 Å². The van der Waals surface area contributed by atoms with Gasteiger partial charge in [0.15, 0.2) is 0 Å². The molecule has 0 aromatic carbocycles. The molecule has 0 atom stereocenters. The number of aromatic nitrogens is 2. The Bertz CT molecular complexity index is 425. The fraction of sp³-hybridized carbons (Fsp3) is 0.643. The summed E-state index contributed by atoms with van der Waals surface area (Å²) in [6.45, 7) is 4.57. The van der Waals surface area contributed by atoms with Crippen molar-refractivity contribution in [1.82, 2.24) is 15.3 Å². The van der Waals surface area contributed by atoms with E-state index in [0.717, 1.165) is 17.8 Å². The molecule has 1 amide bonds. The van der Waals surface area contributed by atoms with Crippen LogP contribution in [0.25, 0.3) is 0 Å². The van der Waals surface area contributed by atoms with Gasteiger partial charge in [0.2, 0.25) is 0 Å². The summed E-state index contributed by atoms with van der Waals surface area (Å²) in [5.41, 5.74) is 2.25. The van der Waals surface area contributed by atoms with Crippen LogP contribution in [0.15, 0.2) is 6.33 Å². The minimum atomic E-state index is -0.0661. The summed E-state index contributed by atoms with van der Waals surface area (Å²) >= 11 is 0. The molecule has 0 saturated heterocycles. The molecule has 18 heavy (non-hydrogen) atoms. The molecule has 2 rings (SSSR count). The second-order valence-electron chi connectivity index (χ2n) is 5.15. The van der Waals surface area contributed by atoms with Crippen molar-refractivity contribution in [3.8, 4) is 0 Å². The minimum Gasteiger partial charge on any atom is -0.350 e. The Kier molecular flexibility index (Phi) is 4.28. The topological polar surface area (TPSA) is 54.9 Å². The van der Waals surface area contributed by atoms with Crippen molar-refractivity contribution >= 4 is 5.91 Å². The summed E-state index contributed by atoms with van der Waals surface area (Å²) in [5.74, 6) is 0.578. The first-order valence-electron chi connectivity index (χ1n) is 6.75. The standard InChI is InChI=1S/C14H21N3O/c1-10-11(2)16-9-17-13(10)14(18)15-8-12-6-4-3-5-7-12/h9,12H,3-8H2,1-2H3,(H,15,18). The van der Waals surface area contributed by atoms with Crippen LogP contribution >= 0.6 is 0 Å². The van der Waals surface area contributed by atoms with Gasteiger partial charge in [0.05, 0.1) is 0 Å². The first kappa shape index (κ1) is 13.0. The Morgan fingerprint density at radius 1 is 1.28 bits per heavy atom. The number of amides is 1. The molecule has 1 N–H and O–H groups in total. The molecule has 98 valence electrons. The molecular formula is C14H21N3O. The molecule has 4 heteroatoms.